The molecule has 132 valence electrons. The number of carbonyl (C=O) groups excluding carboxylic acids is 2. The molecule has 1 N–H and O–H groups in total. The summed E-state index contributed by atoms with van der Waals surface area (Å²) in [5, 5.41) is 13.0. The molecule has 0 aromatic heterocycles. The van der Waals surface area contributed by atoms with Crippen LogP contribution < -0.4 is 10.4 Å². The van der Waals surface area contributed by atoms with Crippen molar-refractivity contribution in [3.8, 4) is 0 Å². The molecule has 0 spiro atoms. The van der Waals surface area contributed by atoms with Crippen LogP contribution in [0.15, 0.2) is 35.5 Å². The van der Waals surface area contributed by atoms with E-state index in [4.69, 9.17) is 0 Å². The fraction of sp³-hybridized carbons (Fsp3) is 0.375. The Kier molecular flexibility index (Phi) is 6.39. The number of carbonyl (C=O) groups is 2. The van der Waals surface area contributed by atoms with Gasteiger partial charge in [0.15, 0.2) is 0 Å². The highest BCUT2D eigenvalue weighted by molar-refractivity contribution is 6.13. The first kappa shape index (κ1) is 19.5. The number of alkyl halides is 3. The Labute approximate surface area is 137 Å². The van der Waals surface area contributed by atoms with Gasteiger partial charge >= 0.3 is 12.1 Å². The molecule has 0 radical (unpaired) electrons. The summed E-state index contributed by atoms with van der Waals surface area (Å²) in [6, 6.07) is 5.92. The number of hydrogen-bond donors (Lipinski definition) is 1. The maximum Gasteiger partial charge on any atom is 0.432 e. The van der Waals surface area contributed by atoms with Gasteiger partial charge in [0.05, 0.1) is 12.6 Å². The molecule has 5 nitrogen and oxygen atoms in total. The molecule has 0 unspecified atom stereocenters. The van der Waals surface area contributed by atoms with Crippen molar-refractivity contribution in [1.29, 1.82) is 0 Å². The highest BCUT2D eigenvalue weighted by atomic mass is 19.4. The van der Waals surface area contributed by atoms with Crippen molar-refractivity contribution in [2.45, 2.75) is 32.9 Å². The Hall–Kier alpha value is -2.51. The Bertz CT molecular complexity index is 634. The van der Waals surface area contributed by atoms with Crippen molar-refractivity contribution in [2.75, 3.05) is 11.9 Å². The Morgan fingerprint density at radius 1 is 1.21 bits per heavy atom. The van der Waals surface area contributed by atoms with Gasteiger partial charge in [0.25, 0.3) is 0 Å². The molecular formula is C16H17F3NO4-. The molecule has 0 bridgehead atoms. The first-order valence-electron chi connectivity index (χ1n) is 7.14. The van der Waals surface area contributed by atoms with Crippen molar-refractivity contribution in [1.82, 2.24) is 0 Å². The minimum Gasteiger partial charge on any atom is -0.544 e. The van der Waals surface area contributed by atoms with Gasteiger partial charge in [-0.2, -0.15) is 13.2 Å². The van der Waals surface area contributed by atoms with Crippen LogP contribution >= 0.6 is 0 Å². The number of hydrogen-bond acceptors (Lipinski definition) is 5. The molecule has 1 rings (SSSR count). The average Bonchev–Trinajstić information content (AvgIpc) is 2.46. The number of anilines is 1. The maximum absolute atomic E-state index is 13.2. The number of benzene rings is 1. The number of halogens is 3. The minimum absolute atomic E-state index is 0.0187. The summed E-state index contributed by atoms with van der Waals surface area (Å²) >= 11 is 0. The van der Waals surface area contributed by atoms with E-state index in [0.717, 1.165) is 5.56 Å². The topological polar surface area (TPSA) is 78.5 Å². The predicted molar refractivity (Wildman–Crippen MR) is 78.9 cm³/mol. The van der Waals surface area contributed by atoms with Crippen molar-refractivity contribution >= 4 is 17.6 Å². The normalized spacial score (nSPS) is 12.6. The predicted octanol–water partition coefficient (Wildman–Crippen LogP) is 2.35. The van der Waals surface area contributed by atoms with Gasteiger partial charge in [0.1, 0.15) is 11.3 Å². The zero-order valence-electron chi connectivity index (χ0n) is 13.4. The van der Waals surface area contributed by atoms with Crippen LogP contribution in [0, 0.1) is 0 Å². The molecule has 0 aliphatic rings. The van der Waals surface area contributed by atoms with E-state index in [9.17, 15) is 27.9 Å². The van der Waals surface area contributed by atoms with E-state index < -0.39 is 29.4 Å². The maximum atomic E-state index is 13.2. The van der Waals surface area contributed by atoms with Gasteiger partial charge in [0, 0.05) is 5.69 Å². The van der Waals surface area contributed by atoms with Crippen molar-refractivity contribution in [3.63, 3.8) is 0 Å². The second-order valence-electron chi connectivity index (χ2n) is 5.16. The van der Waals surface area contributed by atoms with Crippen molar-refractivity contribution in [2.24, 2.45) is 0 Å². The molecule has 8 heteroatoms. The van der Waals surface area contributed by atoms with Crippen LogP contribution in [0.4, 0.5) is 18.9 Å². The lowest BCUT2D eigenvalue weighted by atomic mass is 10.0. The molecule has 0 atom stereocenters. The summed E-state index contributed by atoms with van der Waals surface area (Å²) in [5.41, 5.74) is -2.46. The number of esters is 1. The third kappa shape index (κ3) is 5.00. The quantitative estimate of drug-likeness (QED) is 0.371. The number of carboxylic acid groups (broad SMARTS) is 1. The molecule has 0 aliphatic carbocycles. The largest absolute Gasteiger partial charge is 0.544 e. The van der Waals surface area contributed by atoms with Crippen molar-refractivity contribution in [3.05, 3.63) is 41.1 Å². The van der Waals surface area contributed by atoms with Gasteiger partial charge in [-0.25, -0.2) is 4.79 Å². The van der Waals surface area contributed by atoms with Gasteiger partial charge in [-0.15, -0.1) is 0 Å². The zero-order chi connectivity index (χ0) is 18.5. The SMILES string of the molecule is CCOC(=O)C(C(=O)[O-])=C(Nc1ccc(C(C)C)cc1)C(F)(F)F. The van der Waals surface area contributed by atoms with E-state index >= 15 is 0 Å². The van der Waals surface area contributed by atoms with Crippen LogP contribution in [0.1, 0.15) is 32.3 Å². The summed E-state index contributed by atoms with van der Waals surface area (Å²) in [6.45, 7) is 4.90. The molecule has 0 saturated carbocycles. The van der Waals surface area contributed by atoms with E-state index in [1.807, 2.05) is 19.2 Å². The zero-order valence-corrected chi connectivity index (χ0v) is 13.4. The molecule has 1 aromatic rings. The Morgan fingerprint density at radius 3 is 2.12 bits per heavy atom. The van der Waals surface area contributed by atoms with E-state index in [1.165, 1.54) is 19.1 Å². The van der Waals surface area contributed by atoms with E-state index in [0.29, 0.717) is 0 Å². The number of aliphatic carboxylic acids is 1. The lowest BCUT2D eigenvalue weighted by Gasteiger charge is -2.19. The highest BCUT2D eigenvalue weighted by Crippen LogP contribution is 2.30. The first-order chi connectivity index (χ1) is 11.1. The van der Waals surface area contributed by atoms with Crippen molar-refractivity contribution < 1.29 is 32.6 Å². The van der Waals surface area contributed by atoms with Crippen LogP contribution in [-0.4, -0.2) is 24.7 Å². The second kappa shape index (κ2) is 7.85. The molecule has 0 amide bonds. The fourth-order valence-electron chi connectivity index (χ4n) is 1.86. The summed E-state index contributed by atoms with van der Waals surface area (Å²) < 4.78 is 44.0. The van der Waals surface area contributed by atoms with E-state index in [1.54, 1.807) is 12.1 Å². The van der Waals surface area contributed by atoms with Gasteiger partial charge < -0.3 is 20.0 Å². The summed E-state index contributed by atoms with van der Waals surface area (Å²) in [4.78, 5) is 22.6. The van der Waals surface area contributed by atoms with Crippen LogP contribution in [0.3, 0.4) is 0 Å². The third-order valence-electron chi connectivity index (χ3n) is 3.06. The van der Waals surface area contributed by atoms with E-state index in [2.05, 4.69) is 4.74 Å². The number of carboxylic acids is 1. The van der Waals surface area contributed by atoms with Gasteiger partial charge in [0.2, 0.25) is 0 Å². The smallest absolute Gasteiger partial charge is 0.432 e. The van der Waals surface area contributed by atoms with Gasteiger partial charge in [-0.05, 0) is 30.5 Å². The number of nitrogens with one attached hydrogen (secondary N) is 1. The number of rotatable bonds is 6. The second-order valence-corrected chi connectivity index (χ2v) is 5.16. The standard InChI is InChI=1S/C16H18F3NO4/c1-4-24-15(23)12(14(21)22)13(16(17,18)19)20-11-7-5-10(6-8-11)9(2)3/h5-9,20H,4H2,1-3H3,(H,21,22)/p-1. The van der Waals surface area contributed by atoms with Crippen LogP contribution in [-0.2, 0) is 14.3 Å². The molecule has 0 fully saturated rings. The molecule has 24 heavy (non-hydrogen) atoms. The fourth-order valence-corrected chi connectivity index (χ4v) is 1.86. The molecule has 1 aromatic carbocycles. The minimum atomic E-state index is -5.11. The Morgan fingerprint density at radius 2 is 1.75 bits per heavy atom. The lowest BCUT2D eigenvalue weighted by molar-refractivity contribution is -0.299. The monoisotopic (exact) mass is 344 g/mol. The van der Waals surface area contributed by atoms with Crippen LogP contribution in [0.2, 0.25) is 0 Å². The van der Waals surface area contributed by atoms with E-state index in [-0.39, 0.29) is 18.2 Å². The first-order valence-corrected chi connectivity index (χ1v) is 7.14. The average molecular weight is 344 g/mol. The summed E-state index contributed by atoms with van der Waals surface area (Å²) in [5.74, 6) is -3.71. The van der Waals surface area contributed by atoms with Crippen LogP contribution in [0.5, 0.6) is 0 Å². The molecular weight excluding hydrogens is 327 g/mol. The Balaban J connectivity index is 3.32. The highest BCUT2D eigenvalue weighted by Gasteiger charge is 2.39. The van der Waals surface area contributed by atoms with Gasteiger partial charge in [-0.3, -0.25) is 0 Å². The molecule has 0 heterocycles. The summed E-state index contributed by atoms with van der Waals surface area (Å²) in [6.07, 6.45) is -5.11. The third-order valence-corrected chi connectivity index (χ3v) is 3.06. The lowest BCUT2D eigenvalue weighted by Crippen LogP contribution is -2.35. The van der Waals surface area contributed by atoms with Gasteiger partial charge in [-0.1, -0.05) is 26.0 Å². The molecule has 0 aliphatic heterocycles. The number of allylic oxidation sites excluding steroid dienone is 1. The van der Waals surface area contributed by atoms with Crippen LogP contribution in [0.25, 0.3) is 0 Å². The molecule has 0 saturated heterocycles. The summed E-state index contributed by atoms with van der Waals surface area (Å²) in [7, 11) is 0. The number of ether oxygens (including phenoxy) is 1.